The number of aliphatic imine (C=N–C) groups is 1. The first kappa shape index (κ1) is 19.7. The van der Waals surface area contributed by atoms with Gasteiger partial charge < -0.3 is 20.1 Å². The number of fused-ring (bicyclic) bond motifs is 1. The van der Waals surface area contributed by atoms with Crippen molar-refractivity contribution in [1.82, 2.24) is 20.8 Å². The van der Waals surface area contributed by atoms with E-state index in [0.29, 0.717) is 19.0 Å². The summed E-state index contributed by atoms with van der Waals surface area (Å²) in [7, 11) is 0. The van der Waals surface area contributed by atoms with Gasteiger partial charge in [-0.2, -0.15) is 0 Å². The number of halogens is 1. The van der Waals surface area contributed by atoms with Crippen molar-refractivity contribution in [2.75, 3.05) is 13.1 Å². The van der Waals surface area contributed by atoms with Crippen molar-refractivity contribution in [3.8, 4) is 11.3 Å². The normalized spacial score (nSPS) is 11.7. The molecule has 0 atom stereocenters. The maximum absolute atomic E-state index is 13.3. The van der Waals surface area contributed by atoms with Crippen LogP contribution in [-0.4, -0.2) is 29.2 Å². The van der Waals surface area contributed by atoms with Crippen LogP contribution in [0.3, 0.4) is 0 Å². The van der Waals surface area contributed by atoms with Gasteiger partial charge in [0.25, 0.3) is 0 Å². The molecule has 4 rings (SSSR count). The zero-order valence-electron chi connectivity index (χ0n) is 16.8. The van der Waals surface area contributed by atoms with Crippen molar-refractivity contribution in [2.24, 2.45) is 4.99 Å². The summed E-state index contributed by atoms with van der Waals surface area (Å²) < 4.78 is 18.8. The predicted molar refractivity (Wildman–Crippen MR) is 117 cm³/mol. The smallest absolute Gasteiger partial charge is 0.191 e. The van der Waals surface area contributed by atoms with E-state index in [1.54, 1.807) is 0 Å². The Balaban J connectivity index is 1.36. The van der Waals surface area contributed by atoms with Gasteiger partial charge in [0.1, 0.15) is 11.5 Å². The quantitative estimate of drug-likeness (QED) is 0.317. The van der Waals surface area contributed by atoms with Crippen LogP contribution >= 0.6 is 0 Å². The van der Waals surface area contributed by atoms with Crippen LogP contribution in [0.1, 0.15) is 18.2 Å². The Morgan fingerprint density at radius 1 is 1.13 bits per heavy atom. The fourth-order valence-electron chi connectivity index (χ4n) is 3.31. The summed E-state index contributed by atoms with van der Waals surface area (Å²) in [5.74, 6) is 1.21. The Morgan fingerprint density at radius 2 is 2.00 bits per heavy atom. The Morgan fingerprint density at radius 3 is 2.83 bits per heavy atom. The third kappa shape index (κ3) is 4.68. The largest absolute Gasteiger partial charge is 0.361 e. The van der Waals surface area contributed by atoms with Gasteiger partial charge in [-0.1, -0.05) is 35.5 Å². The van der Waals surface area contributed by atoms with Gasteiger partial charge in [0.15, 0.2) is 11.7 Å². The lowest BCUT2D eigenvalue weighted by Crippen LogP contribution is -2.38. The van der Waals surface area contributed by atoms with Crippen LogP contribution in [-0.2, 0) is 13.0 Å². The first-order valence-corrected chi connectivity index (χ1v) is 10.0. The summed E-state index contributed by atoms with van der Waals surface area (Å²) in [5, 5.41) is 11.7. The second kappa shape index (κ2) is 9.26. The minimum absolute atomic E-state index is 0.237. The number of benzene rings is 2. The summed E-state index contributed by atoms with van der Waals surface area (Å²) in [6.07, 6.45) is 2.72. The number of nitrogens with one attached hydrogen (secondary N) is 3. The van der Waals surface area contributed by atoms with Crippen LogP contribution in [0.2, 0.25) is 0 Å². The number of hydrogen-bond acceptors (Lipinski definition) is 3. The standard InChI is InChI=1S/C23H24FN5O/c1-2-25-23(26-11-10-17-14-27-21-12-18(24)8-9-20(17)21)28-15-19-13-22(30-29-19)16-6-4-3-5-7-16/h3-9,12-14,27H,2,10-11,15H2,1H3,(H2,25,26,28). The fraction of sp³-hybridized carbons (Fsp3) is 0.217. The molecule has 6 nitrogen and oxygen atoms in total. The number of guanidine groups is 1. The van der Waals surface area contributed by atoms with Crippen molar-refractivity contribution in [1.29, 1.82) is 0 Å². The van der Waals surface area contributed by atoms with Gasteiger partial charge >= 0.3 is 0 Å². The average molecular weight is 405 g/mol. The van der Waals surface area contributed by atoms with Crippen LogP contribution < -0.4 is 10.6 Å². The van der Waals surface area contributed by atoms with E-state index in [-0.39, 0.29) is 5.82 Å². The molecule has 30 heavy (non-hydrogen) atoms. The van der Waals surface area contributed by atoms with Crippen LogP contribution in [0.5, 0.6) is 0 Å². The van der Waals surface area contributed by atoms with Crippen molar-refractivity contribution in [2.45, 2.75) is 19.9 Å². The lowest BCUT2D eigenvalue weighted by Gasteiger charge is -2.10. The van der Waals surface area contributed by atoms with Gasteiger partial charge in [-0.3, -0.25) is 0 Å². The molecule has 2 aromatic heterocycles. The molecule has 154 valence electrons. The van der Waals surface area contributed by atoms with E-state index in [9.17, 15) is 4.39 Å². The SMILES string of the molecule is CCNC(=NCc1cc(-c2ccccc2)on1)NCCc1c[nH]c2cc(F)ccc12. The first-order chi connectivity index (χ1) is 14.7. The molecule has 0 aliphatic heterocycles. The van der Waals surface area contributed by atoms with Gasteiger partial charge in [-0.05, 0) is 37.1 Å². The number of aromatic amines is 1. The molecule has 3 N–H and O–H groups in total. The minimum atomic E-state index is -0.237. The third-order valence-electron chi connectivity index (χ3n) is 4.78. The Labute approximate surface area is 174 Å². The van der Waals surface area contributed by atoms with Gasteiger partial charge in [0, 0.05) is 41.8 Å². The zero-order chi connectivity index (χ0) is 20.8. The molecule has 0 aliphatic rings. The van der Waals surface area contributed by atoms with E-state index in [4.69, 9.17) is 4.52 Å². The highest BCUT2D eigenvalue weighted by Gasteiger charge is 2.08. The molecule has 0 bridgehead atoms. The fourth-order valence-corrected chi connectivity index (χ4v) is 3.31. The zero-order valence-corrected chi connectivity index (χ0v) is 16.8. The topological polar surface area (TPSA) is 78.2 Å². The molecule has 4 aromatic rings. The minimum Gasteiger partial charge on any atom is -0.361 e. The molecule has 0 spiro atoms. The molecular formula is C23H24FN5O. The molecule has 2 aromatic carbocycles. The first-order valence-electron chi connectivity index (χ1n) is 10.0. The maximum Gasteiger partial charge on any atom is 0.191 e. The third-order valence-corrected chi connectivity index (χ3v) is 4.78. The highest BCUT2D eigenvalue weighted by Crippen LogP contribution is 2.20. The van der Waals surface area contributed by atoms with E-state index in [1.165, 1.54) is 12.1 Å². The van der Waals surface area contributed by atoms with Crippen molar-refractivity contribution >= 4 is 16.9 Å². The summed E-state index contributed by atoms with van der Waals surface area (Å²) in [6.45, 7) is 3.89. The van der Waals surface area contributed by atoms with E-state index >= 15 is 0 Å². The van der Waals surface area contributed by atoms with Crippen molar-refractivity contribution in [3.05, 3.63) is 77.9 Å². The molecular weight excluding hydrogens is 381 g/mol. The molecule has 0 amide bonds. The van der Waals surface area contributed by atoms with Crippen LogP contribution in [0.25, 0.3) is 22.2 Å². The molecule has 7 heteroatoms. The molecule has 0 saturated carbocycles. The Hall–Kier alpha value is -3.61. The number of hydrogen-bond donors (Lipinski definition) is 3. The molecule has 0 fully saturated rings. The maximum atomic E-state index is 13.3. The van der Waals surface area contributed by atoms with Crippen molar-refractivity contribution < 1.29 is 8.91 Å². The van der Waals surface area contributed by atoms with Crippen molar-refractivity contribution in [3.63, 3.8) is 0 Å². The van der Waals surface area contributed by atoms with Gasteiger partial charge in [-0.25, -0.2) is 9.38 Å². The molecule has 2 heterocycles. The highest BCUT2D eigenvalue weighted by molar-refractivity contribution is 5.83. The number of aromatic nitrogens is 2. The highest BCUT2D eigenvalue weighted by atomic mass is 19.1. The second-order valence-corrected chi connectivity index (χ2v) is 6.92. The summed E-state index contributed by atoms with van der Waals surface area (Å²) in [6, 6.07) is 16.6. The Bertz CT molecular complexity index is 1130. The van der Waals surface area contributed by atoms with Crippen LogP contribution in [0.15, 0.2) is 70.3 Å². The molecule has 0 saturated heterocycles. The van der Waals surface area contributed by atoms with Gasteiger partial charge in [-0.15, -0.1) is 0 Å². The van der Waals surface area contributed by atoms with E-state index < -0.39 is 0 Å². The number of H-pyrrole nitrogens is 1. The summed E-state index contributed by atoms with van der Waals surface area (Å²) >= 11 is 0. The lowest BCUT2D eigenvalue weighted by atomic mass is 10.1. The monoisotopic (exact) mass is 405 g/mol. The number of nitrogens with zero attached hydrogens (tertiary/aromatic N) is 2. The molecule has 0 unspecified atom stereocenters. The predicted octanol–water partition coefficient (Wildman–Crippen LogP) is 4.26. The molecule has 0 aliphatic carbocycles. The van der Waals surface area contributed by atoms with E-state index in [1.807, 2.05) is 55.6 Å². The van der Waals surface area contributed by atoms with Crippen LogP contribution in [0.4, 0.5) is 4.39 Å². The lowest BCUT2D eigenvalue weighted by molar-refractivity contribution is 0.424. The van der Waals surface area contributed by atoms with Crippen LogP contribution in [0, 0.1) is 5.82 Å². The average Bonchev–Trinajstić information content (AvgIpc) is 3.40. The Kier molecular flexibility index (Phi) is 6.08. The van der Waals surface area contributed by atoms with E-state index in [0.717, 1.165) is 46.4 Å². The second-order valence-electron chi connectivity index (χ2n) is 6.92. The molecule has 0 radical (unpaired) electrons. The van der Waals surface area contributed by atoms with Gasteiger partial charge in [0.05, 0.1) is 6.54 Å². The summed E-state index contributed by atoms with van der Waals surface area (Å²) in [4.78, 5) is 7.72. The number of rotatable bonds is 7. The summed E-state index contributed by atoms with van der Waals surface area (Å²) in [5.41, 5.74) is 3.71. The van der Waals surface area contributed by atoms with Gasteiger partial charge in [0.2, 0.25) is 0 Å². The van der Waals surface area contributed by atoms with E-state index in [2.05, 4.69) is 25.8 Å².